The van der Waals surface area contributed by atoms with E-state index in [1.165, 1.54) is 0 Å². The first kappa shape index (κ1) is 9.81. The summed E-state index contributed by atoms with van der Waals surface area (Å²) in [4.78, 5) is 0. The van der Waals surface area contributed by atoms with E-state index in [2.05, 4.69) is 10.4 Å². The number of pyridine rings is 1. The van der Waals surface area contributed by atoms with Crippen molar-refractivity contribution in [2.45, 2.75) is 18.4 Å². The van der Waals surface area contributed by atoms with E-state index in [1.54, 1.807) is 0 Å². The summed E-state index contributed by atoms with van der Waals surface area (Å²) in [6.45, 7) is 1.58. The lowest BCUT2D eigenvalue weighted by Crippen LogP contribution is -2.33. The molecule has 84 valence electrons. The Labute approximate surface area is 93.9 Å². The smallest absolute Gasteiger partial charge is 0.0825 e. The Bertz CT molecular complexity index is 500. The zero-order chi connectivity index (χ0) is 11.0. The summed E-state index contributed by atoms with van der Waals surface area (Å²) in [7, 11) is 0. The predicted octanol–water partition coefficient (Wildman–Crippen LogP) is 0.601. The standard InChI is InChI=1S/C12H15N3O/c16-12(4-5-13-9-12)7-10-8-14-15-6-2-1-3-11(10)15/h1-3,6,8,13,16H,4-5,7,9H2. The van der Waals surface area contributed by atoms with E-state index >= 15 is 0 Å². The van der Waals surface area contributed by atoms with Crippen molar-refractivity contribution in [3.63, 3.8) is 0 Å². The Balaban J connectivity index is 1.94. The summed E-state index contributed by atoms with van der Waals surface area (Å²) < 4.78 is 1.85. The van der Waals surface area contributed by atoms with Gasteiger partial charge in [-0.05, 0) is 25.1 Å². The molecule has 4 nitrogen and oxygen atoms in total. The second-order valence-electron chi connectivity index (χ2n) is 4.53. The van der Waals surface area contributed by atoms with Gasteiger partial charge in [-0.3, -0.25) is 0 Å². The minimum Gasteiger partial charge on any atom is -0.388 e. The molecule has 0 aromatic carbocycles. The molecule has 0 radical (unpaired) electrons. The molecule has 3 rings (SSSR count). The minimum atomic E-state index is -0.598. The van der Waals surface area contributed by atoms with Crippen LogP contribution in [0.5, 0.6) is 0 Å². The van der Waals surface area contributed by atoms with E-state index in [0.717, 1.165) is 24.0 Å². The van der Waals surface area contributed by atoms with Crippen LogP contribution in [0.1, 0.15) is 12.0 Å². The fourth-order valence-electron chi connectivity index (χ4n) is 2.36. The van der Waals surface area contributed by atoms with Crippen molar-refractivity contribution >= 4 is 5.52 Å². The average molecular weight is 217 g/mol. The van der Waals surface area contributed by atoms with Gasteiger partial charge in [-0.1, -0.05) is 6.07 Å². The Morgan fingerprint density at radius 3 is 3.25 bits per heavy atom. The maximum Gasteiger partial charge on any atom is 0.0825 e. The number of nitrogens with one attached hydrogen (secondary N) is 1. The summed E-state index contributed by atoms with van der Waals surface area (Å²) in [5, 5.41) is 17.8. The summed E-state index contributed by atoms with van der Waals surface area (Å²) in [5.41, 5.74) is 1.61. The molecule has 1 atom stereocenters. The van der Waals surface area contributed by atoms with Crippen molar-refractivity contribution in [1.82, 2.24) is 14.9 Å². The number of β-amino-alcohol motifs (C(OH)–C–C–N with tert-alkyl or cyclic N) is 1. The summed E-state index contributed by atoms with van der Waals surface area (Å²) in [5.74, 6) is 0. The van der Waals surface area contributed by atoms with Gasteiger partial charge in [0.05, 0.1) is 17.3 Å². The molecule has 1 unspecified atom stereocenters. The highest BCUT2D eigenvalue weighted by atomic mass is 16.3. The Hall–Kier alpha value is -1.39. The molecule has 1 aliphatic heterocycles. The Kier molecular flexibility index (Phi) is 2.19. The van der Waals surface area contributed by atoms with Crippen LogP contribution in [0.25, 0.3) is 5.52 Å². The summed E-state index contributed by atoms with van der Waals surface area (Å²) in [6, 6.07) is 5.99. The third-order valence-corrected chi connectivity index (χ3v) is 3.25. The largest absolute Gasteiger partial charge is 0.388 e. The highest BCUT2D eigenvalue weighted by Gasteiger charge is 2.31. The van der Waals surface area contributed by atoms with E-state index in [4.69, 9.17) is 0 Å². The molecule has 0 amide bonds. The normalized spacial score (nSPS) is 25.3. The molecule has 1 aliphatic rings. The van der Waals surface area contributed by atoms with Crippen molar-refractivity contribution in [1.29, 1.82) is 0 Å². The van der Waals surface area contributed by atoms with Gasteiger partial charge in [-0.2, -0.15) is 5.10 Å². The van der Waals surface area contributed by atoms with Crippen LogP contribution in [-0.2, 0) is 6.42 Å². The van der Waals surface area contributed by atoms with Gasteiger partial charge in [0, 0.05) is 24.7 Å². The van der Waals surface area contributed by atoms with E-state index in [9.17, 15) is 5.11 Å². The molecular weight excluding hydrogens is 202 g/mol. The van der Waals surface area contributed by atoms with E-state index in [-0.39, 0.29) is 0 Å². The minimum absolute atomic E-state index is 0.598. The first-order valence-corrected chi connectivity index (χ1v) is 5.61. The van der Waals surface area contributed by atoms with Crippen LogP contribution in [0.2, 0.25) is 0 Å². The molecule has 16 heavy (non-hydrogen) atoms. The molecule has 2 aromatic rings. The first-order chi connectivity index (χ1) is 7.77. The fraction of sp³-hybridized carbons (Fsp3) is 0.417. The first-order valence-electron chi connectivity index (χ1n) is 5.61. The average Bonchev–Trinajstić information content (AvgIpc) is 2.87. The maximum absolute atomic E-state index is 10.3. The van der Waals surface area contributed by atoms with Gasteiger partial charge in [0.2, 0.25) is 0 Å². The van der Waals surface area contributed by atoms with Gasteiger partial charge in [-0.15, -0.1) is 0 Å². The van der Waals surface area contributed by atoms with E-state index < -0.39 is 5.60 Å². The Morgan fingerprint density at radius 2 is 2.44 bits per heavy atom. The van der Waals surface area contributed by atoms with Crippen LogP contribution in [-0.4, -0.2) is 33.4 Å². The molecule has 2 aromatic heterocycles. The third kappa shape index (κ3) is 1.60. The van der Waals surface area contributed by atoms with Crippen molar-refractivity contribution in [3.05, 3.63) is 36.2 Å². The van der Waals surface area contributed by atoms with Gasteiger partial charge < -0.3 is 10.4 Å². The molecule has 1 saturated heterocycles. The number of hydrogen-bond donors (Lipinski definition) is 2. The van der Waals surface area contributed by atoms with E-state index in [1.807, 2.05) is 35.1 Å². The number of hydrogen-bond acceptors (Lipinski definition) is 3. The zero-order valence-electron chi connectivity index (χ0n) is 9.06. The lowest BCUT2D eigenvalue weighted by Gasteiger charge is -2.20. The number of aromatic nitrogens is 2. The SMILES string of the molecule is OC1(Cc2cnn3ccccc23)CCNC1. The molecule has 0 spiro atoms. The number of aliphatic hydroxyl groups is 1. The Morgan fingerprint density at radius 1 is 1.50 bits per heavy atom. The maximum atomic E-state index is 10.3. The van der Waals surface area contributed by atoms with Crippen molar-refractivity contribution in [2.75, 3.05) is 13.1 Å². The van der Waals surface area contributed by atoms with Crippen LogP contribution in [0.3, 0.4) is 0 Å². The van der Waals surface area contributed by atoms with Gasteiger partial charge in [-0.25, -0.2) is 4.52 Å². The van der Waals surface area contributed by atoms with Gasteiger partial charge in [0.1, 0.15) is 0 Å². The highest BCUT2D eigenvalue weighted by molar-refractivity contribution is 5.53. The molecule has 3 heterocycles. The molecule has 0 saturated carbocycles. The fourth-order valence-corrected chi connectivity index (χ4v) is 2.36. The number of rotatable bonds is 2. The molecule has 0 aliphatic carbocycles. The predicted molar refractivity (Wildman–Crippen MR) is 61.3 cm³/mol. The monoisotopic (exact) mass is 217 g/mol. The molecule has 4 heteroatoms. The summed E-state index contributed by atoms with van der Waals surface area (Å²) in [6.07, 6.45) is 5.27. The van der Waals surface area contributed by atoms with Crippen molar-refractivity contribution in [2.24, 2.45) is 0 Å². The van der Waals surface area contributed by atoms with Crippen LogP contribution in [0, 0.1) is 0 Å². The van der Waals surface area contributed by atoms with Crippen LogP contribution < -0.4 is 5.32 Å². The van der Waals surface area contributed by atoms with Gasteiger partial charge in [0.15, 0.2) is 0 Å². The van der Waals surface area contributed by atoms with Crippen molar-refractivity contribution in [3.8, 4) is 0 Å². The van der Waals surface area contributed by atoms with Crippen LogP contribution >= 0.6 is 0 Å². The van der Waals surface area contributed by atoms with Crippen molar-refractivity contribution < 1.29 is 5.11 Å². The van der Waals surface area contributed by atoms with E-state index in [0.29, 0.717) is 13.0 Å². The second-order valence-corrected chi connectivity index (χ2v) is 4.53. The topological polar surface area (TPSA) is 49.6 Å². The molecule has 1 fully saturated rings. The molecule has 0 bridgehead atoms. The summed E-state index contributed by atoms with van der Waals surface area (Å²) >= 11 is 0. The quantitative estimate of drug-likeness (QED) is 0.774. The van der Waals surface area contributed by atoms with Gasteiger partial charge in [0.25, 0.3) is 0 Å². The number of fused-ring (bicyclic) bond motifs is 1. The van der Waals surface area contributed by atoms with Gasteiger partial charge >= 0.3 is 0 Å². The lowest BCUT2D eigenvalue weighted by molar-refractivity contribution is 0.0622. The third-order valence-electron chi connectivity index (χ3n) is 3.25. The second kappa shape index (κ2) is 3.57. The lowest BCUT2D eigenvalue weighted by atomic mass is 9.94. The zero-order valence-corrected chi connectivity index (χ0v) is 9.06. The molecular formula is C12H15N3O. The number of nitrogens with zero attached hydrogens (tertiary/aromatic N) is 2. The van der Waals surface area contributed by atoms with Crippen LogP contribution in [0.4, 0.5) is 0 Å². The van der Waals surface area contributed by atoms with Crippen LogP contribution in [0.15, 0.2) is 30.6 Å². The molecule has 2 N–H and O–H groups in total. The highest BCUT2D eigenvalue weighted by Crippen LogP contribution is 2.22.